The Hall–Kier alpha value is -2.25. The van der Waals surface area contributed by atoms with Gasteiger partial charge >= 0.3 is 6.18 Å². The smallest absolute Gasteiger partial charge is 0.423 e. The summed E-state index contributed by atoms with van der Waals surface area (Å²) < 4.78 is 45.6. The van der Waals surface area contributed by atoms with Crippen LogP contribution < -0.4 is 10.5 Å². The molecule has 3 N–H and O–H groups in total. The zero-order valence-electron chi connectivity index (χ0n) is 14.7. The highest BCUT2D eigenvalue weighted by molar-refractivity contribution is 6.31. The summed E-state index contributed by atoms with van der Waals surface area (Å²) in [5.41, 5.74) is 4.98. The van der Waals surface area contributed by atoms with Crippen molar-refractivity contribution >= 4 is 17.4 Å². The summed E-state index contributed by atoms with van der Waals surface area (Å²) >= 11 is 6.03. The minimum atomic E-state index is -4.90. The molecule has 2 aromatic rings. The fraction of sp³-hybridized carbons (Fsp3) is 0.316. The Labute approximate surface area is 159 Å². The third-order valence-electron chi connectivity index (χ3n) is 3.94. The lowest BCUT2D eigenvalue weighted by Crippen LogP contribution is -2.14. The normalized spacial score (nSPS) is 11.7. The van der Waals surface area contributed by atoms with Crippen LogP contribution in [0.15, 0.2) is 30.3 Å². The van der Waals surface area contributed by atoms with E-state index in [4.69, 9.17) is 22.1 Å². The van der Waals surface area contributed by atoms with Gasteiger partial charge in [-0.15, -0.1) is 0 Å². The Morgan fingerprint density at radius 3 is 2.44 bits per heavy atom. The van der Waals surface area contributed by atoms with Crippen LogP contribution in [0.3, 0.4) is 0 Å². The van der Waals surface area contributed by atoms with E-state index in [9.17, 15) is 23.1 Å². The van der Waals surface area contributed by atoms with Crippen LogP contribution in [0.2, 0.25) is 5.02 Å². The Kier molecular flexibility index (Phi) is 6.38. The number of Topliss-reactive ketones (excluding diaryl/α,β-unsaturated/α-hetero) is 1. The highest BCUT2D eigenvalue weighted by Crippen LogP contribution is 2.44. The summed E-state index contributed by atoms with van der Waals surface area (Å²) in [7, 11) is 0. The Morgan fingerprint density at radius 2 is 1.93 bits per heavy atom. The molecular formula is C19H19ClF3NO3. The zero-order valence-corrected chi connectivity index (χ0v) is 15.5. The summed E-state index contributed by atoms with van der Waals surface area (Å²) in [6, 6.07) is 7.01. The van der Waals surface area contributed by atoms with Crippen molar-refractivity contribution < 1.29 is 27.8 Å². The van der Waals surface area contributed by atoms with Crippen molar-refractivity contribution in [2.24, 2.45) is 11.7 Å². The molecule has 0 amide bonds. The van der Waals surface area contributed by atoms with Crippen molar-refractivity contribution in [1.29, 1.82) is 0 Å². The van der Waals surface area contributed by atoms with Gasteiger partial charge in [-0.05, 0) is 29.3 Å². The quantitative estimate of drug-likeness (QED) is 0.672. The van der Waals surface area contributed by atoms with Gasteiger partial charge in [0.05, 0.1) is 5.56 Å². The molecule has 27 heavy (non-hydrogen) atoms. The van der Waals surface area contributed by atoms with E-state index >= 15 is 0 Å². The maximum absolute atomic E-state index is 13.5. The molecule has 0 saturated carbocycles. The predicted molar refractivity (Wildman–Crippen MR) is 96.0 cm³/mol. The summed E-state index contributed by atoms with van der Waals surface area (Å²) in [4.78, 5) is 12.0. The number of alkyl halides is 3. The number of carbonyl (C=O) groups is 1. The molecular weight excluding hydrogens is 383 g/mol. The molecule has 0 aliphatic rings. The van der Waals surface area contributed by atoms with Crippen molar-refractivity contribution in [3.8, 4) is 11.5 Å². The number of ketones is 1. The van der Waals surface area contributed by atoms with Crippen molar-refractivity contribution in [1.82, 2.24) is 0 Å². The highest BCUT2D eigenvalue weighted by Gasteiger charge is 2.39. The van der Waals surface area contributed by atoms with Gasteiger partial charge in [0.25, 0.3) is 0 Å². The molecule has 0 radical (unpaired) electrons. The molecule has 4 nitrogen and oxygen atoms in total. The summed E-state index contributed by atoms with van der Waals surface area (Å²) in [5.74, 6) is -2.85. The summed E-state index contributed by atoms with van der Waals surface area (Å²) in [6.07, 6.45) is -4.90. The van der Waals surface area contributed by atoms with Crippen molar-refractivity contribution in [2.45, 2.75) is 33.2 Å². The molecule has 8 heteroatoms. The molecule has 0 fully saturated rings. The maximum atomic E-state index is 13.5. The number of ether oxygens (including phenoxy) is 1. The van der Waals surface area contributed by atoms with Crippen LogP contribution in [0.4, 0.5) is 13.2 Å². The fourth-order valence-corrected chi connectivity index (χ4v) is 2.76. The van der Waals surface area contributed by atoms with E-state index in [1.165, 1.54) is 13.8 Å². The monoisotopic (exact) mass is 401 g/mol. The van der Waals surface area contributed by atoms with E-state index < -0.39 is 34.9 Å². The number of phenols is 1. The standard InChI is InChI=1S/C19H19ClF3NO3/c1-10(2)17(25)13-5-6-15(16(18(13)26)19(21,22)23)27-9-11-3-4-12(8-24)14(20)7-11/h3-7,10,26H,8-9,24H2,1-2H3. The first-order valence-electron chi connectivity index (χ1n) is 8.13. The Balaban J connectivity index is 2.37. The Morgan fingerprint density at radius 1 is 1.26 bits per heavy atom. The minimum absolute atomic E-state index is 0.204. The molecule has 0 aliphatic heterocycles. The van der Waals surface area contributed by atoms with Crippen LogP contribution >= 0.6 is 11.6 Å². The van der Waals surface area contributed by atoms with E-state index in [2.05, 4.69) is 0 Å². The predicted octanol–water partition coefficient (Wildman–Crippen LogP) is 4.94. The minimum Gasteiger partial charge on any atom is -0.506 e. The molecule has 0 spiro atoms. The van der Waals surface area contributed by atoms with E-state index in [1.54, 1.807) is 18.2 Å². The van der Waals surface area contributed by atoms with Crippen LogP contribution in [-0.4, -0.2) is 10.9 Å². The molecule has 2 rings (SSSR count). The molecule has 0 saturated heterocycles. The second kappa shape index (κ2) is 8.19. The lowest BCUT2D eigenvalue weighted by molar-refractivity contribution is -0.140. The second-order valence-corrected chi connectivity index (χ2v) is 6.68. The third kappa shape index (κ3) is 4.73. The summed E-state index contributed by atoms with van der Waals surface area (Å²) in [6.45, 7) is 3.10. The highest BCUT2D eigenvalue weighted by atomic mass is 35.5. The number of nitrogens with two attached hydrogens (primary N) is 1. The van der Waals surface area contributed by atoms with Gasteiger partial charge in [0, 0.05) is 17.5 Å². The molecule has 0 bridgehead atoms. The van der Waals surface area contributed by atoms with Gasteiger partial charge in [0.2, 0.25) is 0 Å². The number of carbonyl (C=O) groups excluding carboxylic acids is 1. The molecule has 146 valence electrons. The molecule has 0 aliphatic carbocycles. The van der Waals surface area contributed by atoms with Gasteiger partial charge < -0.3 is 15.6 Å². The van der Waals surface area contributed by atoms with E-state index in [-0.39, 0.29) is 18.7 Å². The van der Waals surface area contributed by atoms with E-state index in [0.29, 0.717) is 16.1 Å². The SMILES string of the molecule is CC(C)C(=O)c1ccc(OCc2ccc(CN)c(Cl)c2)c(C(F)(F)F)c1O. The van der Waals surface area contributed by atoms with Crippen LogP contribution in [0.25, 0.3) is 0 Å². The van der Waals surface area contributed by atoms with Crippen molar-refractivity contribution in [3.63, 3.8) is 0 Å². The lowest BCUT2D eigenvalue weighted by atomic mass is 9.97. The molecule has 0 atom stereocenters. The average Bonchev–Trinajstić information content (AvgIpc) is 2.58. The first kappa shape index (κ1) is 21.1. The number of hydrogen-bond donors (Lipinski definition) is 2. The number of hydrogen-bond acceptors (Lipinski definition) is 4. The van der Waals surface area contributed by atoms with Gasteiger partial charge in [0.15, 0.2) is 5.78 Å². The van der Waals surface area contributed by atoms with Crippen LogP contribution in [0, 0.1) is 5.92 Å². The second-order valence-electron chi connectivity index (χ2n) is 6.27. The van der Waals surface area contributed by atoms with Gasteiger partial charge in [-0.3, -0.25) is 4.79 Å². The largest absolute Gasteiger partial charge is 0.506 e. The van der Waals surface area contributed by atoms with Gasteiger partial charge in [-0.1, -0.05) is 37.6 Å². The molecule has 0 heterocycles. The molecule has 0 aromatic heterocycles. The average molecular weight is 402 g/mol. The number of halogens is 4. The Bertz CT molecular complexity index is 851. The molecule has 0 unspecified atom stereocenters. The van der Waals surface area contributed by atoms with Crippen molar-refractivity contribution in [3.05, 3.63) is 57.6 Å². The first-order valence-corrected chi connectivity index (χ1v) is 8.51. The van der Waals surface area contributed by atoms with E-state index in [0.717, 1.165) is 12.1 Å². The fourth-order valence-electron chi connectivity index (χ4n) is 2.48. The molecule has 2 aromatic carbocycles. The zero-order chi connectivity index (χ0) is 20.4. The first-order chi connectivity index (χ1) is 12.6. The number of benzene rings is 2. The number of aromatic hydroxyl groups is 1. The van der Waals surface area contributed by atoms with Gasteiger partial charge in [-0.2, -0.15) is 13.2 Å². The van der Waals surface area contributed by atoms with E-state index in [1.807, 2.05) is 0 Å². The maximum Gasteiger partial charge on any atom is 0.423 e. The van der Waals surface area contributed by atoms with Crippen LogP contribution in [-0.2, 0) is 19.3 Å². The lowest BCUT2D eigenvalue weighted by Gasteiger charge is -2.18. The van der Waals surface area contributed by atoms with Crippen LogP contribution in [0.1, 0.15) is 40.9 Å². The van der Waals surface area contributed by atoms with Crippen LogP contribution in [0.5, 0.6) is 11.5 Å². The number of phenolic OH excluding ortho intramolecular Hbond substituents is 1. The summed E-state index contributed by atoms with van der Waals surface area (Å²) in [5, 5.41) is 10.5. The van der Waals surface area contributed by atoms with Crippen molar-refractivity contribution in [2.75, 3.05) is 0 Å². The third-order valence-corrected chi connectivity index (χ3v) is 4.30. The van der Waals surface area contributed by atoms with Gasteiger partial charge in [-0.25, -0.2) is 0 Å². The van der Waals surface area contributed by atoms with Gasteiger partial charge in [0.1, 0.15) is 23.7 Å². The topological polar surface area (TPSA) is 72.5 Å². The number of rotatable bonds is 6.